The van der Waals surface area contributed by atoms with Crippen molar-refractivity contribution in [2.75, 3.05) is 20.1 Å². The van der Waals surface area contributed by atoms with E-state index in [0.717, 1.165) is 47.3 Å². The van der Waals surface area contributed by atoms with Crippen LogP contribution in [0.2, 0.25) is 0 Å². The zero-order valence-corrected chi connectivity index (χ0v) is 19.2. The SMILES string of the molecule is CN1C[C@H]2C[C@@H]1CN2C(=O)Cn1cc(-c2cnc(-c3cccc(-c4cnn(C)c4)c3)nc2)cn1. The normalized spacial score (nSPS) is 19.8. The van der Waals surface area contributed by atoms with E-state index < -0.39 is 0 Å². The van der Waals surface area contributed by atoms with Crippen molar-refractivity contribution < 1.29 is 4.79 Å². The Kier molecular flexibility index (Phi) is 4.99. The largest absolute Gasteiger partial charge is 0.335 e. The summed E-state index contributed by atoms with van der Waals surface area (Å²) in [6.45, 7) is 2.05. The molecule has 1 amide bonds. The molecule has 2 atom stereocenters. The standard InChI is InChI=1S/C25H26N8O/c1-30-14-23-7-22(30)15-33(23)24(34)16-32-13-21(11-29-32)19-8-26-25(27-9-19)18-5-3-4-17(6-18)20-10-28-31(2)12-20/h3-6,8-13,22-23H,7,14-16H2,1-2H3/t22-,23-/m1/s1. The number of benzene rings is 1. The summed E-state index contributed by atoms with van der Waals surface area (Å²) in [5.41, 5.74) is 4.83. The molecule has 0 N–H and O–H groups in total. The molecule has 3 aromatic heterocycles. The van der Waals surface area contributed by atoms with Crippen LogP contribution in [0.5, 0.6) is 0 Å². The Bertz CT molecular complexity index is 1340. The van der Waals surface area contributed by atoms with E-state index >= 15 is 0 Å². The van der Waals surface area contributed by atoms with Crippen LogP contribution in [0.3, 0.4) is 0 Å². The topological polar surface area (TPSA) is 85.0 Å². The lowest BCUT2D eigenvalue weighted by molar-refractivity contribution is -0.134. The molecule has 2 bridgehead atoms. The van der Waals surface area contributed by atoms with Gasteiger partial charge in [-0.2, -0.15) is 10.2 Å². The zero-order valence-electron chi connectivity index (χ0n) is 19.2. The number of likely N-dealkylation sites (N-methyl/N-ethyl adjacent to an activating group) is 1. The Morgan fingerprint density at radius 3 is 2.35 bits per heavy atom. The van der Waals surface area contributed by atoms with E-state index in [2.05, 4.69) is 44.2 Å². The van der Waals surface area contributed by atoms with Gasteiger partial charge in [0.25, 0.3) is 0 Å². The second kappa shape index (κ2) is 8.18. The first-order chi connectivity index (χ1) is 16.5. The third-order valence-corrected chi connectivity index (χ3v) is 6.91. The second-order valence-corrected chi connectivity index (χ2v) is 9.23. The molecule has 6 rings (SSSR count). The molecule has 0 spiro atoms. The van der Waals surface area contributed by atoms with Gasteiger partial charge < -0.3 is 4.90 Å². The van der Waals surface area contributed by atoms with E-state index in [4.69, 9.17) is 0 Å². The Hall–Kier alpha value is -3.85. The van der Waals surface area contributed by atoms with Gasteiger partial charge in [0.2, 0.25) is 5.91 Å². The van der Waals surface area contributed by atoms with Gasteiger partial charge in [0.1, 0.15) is 6.54 Å². The van der Waals surface area contributed by atoms with Crippen molar-refractivity contribution in [1.29, 1.82) is 0 Å². The van der Waals surface area contributed by atoms with Crippen LogP contribution < -0.4 is 0 Å². The Morgan fingerprint density at radius 1 is 0.882 bits per heavy atom. The number of fused-ring (bicyclic) bond motifs is 2. The summed E-state index contributed by atoms with van der Waals surface area (Å²) in [7, 11) is 4.04. The van der Waals surface area contributed by atoms with E-state index in [0.29, 0.717) is 17.9 Å². The number of aryl methyl sites for hydroxylation is 1. The zero-order chi connectivity index (χ0) is 23.2. The average Bonchev–Trinajstić information content (AvgIpc) is 3.64. The average molecular weight is 455 g/mol. The van der Waals surface area contributed by atoms with Crippen LogP contribution in [0.25, 0.3) is 33.6 Å². The molecule has 2 aliphatic rings. The van der Waals surface area contributed by atoms with Gasteiger partial charge in [0.15, 0.2) is 5.82 Å². The quantitative estimate of drug-likeness (QED) is 0.460. The van der Waals surface area contributed by atoms with Crippen LogP contribution in [0.1, 0.15) is 6.42 Å². The molecule has 4 aromatic rings. The minimum atomic E-state index is 0.135. The first-order valence-electron chi connectivity index (χ1n) is 11.5. The molecule has 2 aliphatic heterocycles. The van der Waals surface area contributed by atoms with E-state index in [1.807, 2.05) is 42.7 Å². The van der Waals surface area contributed by atoms with Crippen molar-refractivity contribution in [3.63, 3.8) is 0 Å². The molecule has 0 radical (unpaired) electrons. The third-order valence-electron chi connectivity index (χ3n) is 6.91. The van der Waals surface area contributed by atoms with Crippen molar-refractivity contribution in [3.05, 3.63) is 61.4 Å². The van der Waals surface area contributed by atoms with Crippen molar-refractivity contribution in [1.82, 2.24) is 39.3 Å². The van der Waals surface area contributed by atoms with Crippen LogP contribution in [-0.4, -0.2) is 77.5 Å². The lowest BCUT2D eigenvalue weighted by atomic mass is 10.1. The van der Waals surface area contributed by atoms with Gasteiger partial charge >= 0.3 is 0 Å². The van der Waals surface area contributed by atoms with Gasteiger partial charge in [0, 0.05) is 79.3 Å². The van der Waals surface area contributed by atoms with Crippen LogP contribution in [0.15, 0.2) is 61.4 Å². The van der Waals surface area contributed by atoms with Crippen LogP contribution in [-0.2, 0) is 18.4 Å². The second-order valence-electron chi connectivity index (χ2n) is 9.23. The molecule has 2 saturated heterocycles. The summed E-state index contributed by atoms with van der Waals surface area (Å²) in [6, 6.07) is 8.97. The van der Waals surface area contributed by atoms with E-state index in [-0.39, 0.29) is 12.5 Å². The molecule has 9 nitrogen and oxygen atoms in total. The highest BCUT2D eigenvalue weighted by Crippen LogP contribution is 2.30. The maximum atomic E-state index is 12.8. The maximum absolute atomic E-state index is 12.8. The molecule has 0 unspecified atom stereocenters. The number of nitrogens with zero attached hydrogens (tertiary/aromatic N) is 8. The fraction of sp³-hybridized carbons (Fsp3) is 0.320. The monoisotopic (exact) mass is 454 g/mol. The van der Waals surface area contributed by atoms with Crippen LogP contribution in [0.4, 0.5) is 0 Å². The molecule has 9 heteroatoms. The summed E-state index contributed by atoms with van der Waals surface area (Å²) in [4.78, 5) is 26.3. The van der Waals surface area contributed by atoms with Gasteiger partial charge in [-0.3, -0.25) is 19.1 Å². The fourth-order valence-corrected chi connectivity index (χ4v) is 5.03. The Morgan fingerprint density at radius 2 is 1.65 bits per heavy atom. The lowest BCUT2D eigenvalue weighted by Crippen LogP contribution is -2.48. The first kappa shape index (κ1) is 20.7. The number of rotatable bonds is 5. The summed E-state index contributed by atoms with van der Waals surface area (Å²) in [5.74, 6) is 0.793. The number of likely N-dealkylation sites (tertiary alicyclic amines) is 2. The predicted molar refractivity (Wildman–Crippen MR) is 127 cm³/mol. The molecular weight excluding hydrogens is 428 g/mol. The summed E-state index contributed by atoms with van der Waals surface area (Å²) < 4.78 is 3.49. The molecule has 0 aliphatic carbocycles. The molecule has 5 heterocycles. The Balaban J connectivity index is 1.15. The smallest absolute Gasteiger partial charge is 0.244 e. The van der Waals surface area contributed by atoms with E-state index in [1.165, 1.54) is 0 Å². The van der Waals surface area contributed by atoms with Crippen molar-refractivity contribution in [2.24, 2.45) is 7.05 Å². The van der Waals surface area contributed by atoms with Gasteiger partial charge in [-0.05, 0) is 25.1 Å². The molecular formula is C25H26N8O. The molecule has 0 saturated carbocycles. The van der Waals surface area contributed by atoms with E-state index in [9.17, 15) is 4.79 Å². The number of carbonyl (C=O) groups excluding carboxylic acids is 1. The molecule has 172 valence electrons. The number of hydrogen-bond donors (Lipinski definition) is 0. The number of amides is 1. The number of carbonyl (C=O) groups is 1. The number of piperazine rings is 1. The van der Waals surface area contributed by atoms with Gasteiger partial charge in [-0.25, -0.2) is 9.97 Å². The van der Waals surface area contributed by atoms with Crippen molar-refractivity contribution >= 4 is 5.91 Å². The van der Waals surface area contributed by atoms with Gasteiger partial charge in [0.05, 0.1) is 12.4 Å². The summed E-state index contributed by atoms with van der Waals surface area (Å²) in [6.07, 6.45) is 12.2. The highest BCUT2D eigenvalue weighted by molar-refractivity contribution is 5.77. The van der Waals surface area contributed by atoms with Gasteiger partial charge in [-0.15, -0.1) is 0 Å². The van der Waals surface area contributed by atoms with Gasteiger partial charge in [-0.1, -0.05) is 18.2 Å². The molecule has 34 heavy (non-hydrogen) atoms. The number of aromatic nitrogens is 6. The highest BCUT2D eigenvalue weighted by Gasteiger charge is 2.43. The molecule has 2 fully saturated rings. The maximum Gasteiger partial charge on any atom is 0.244 e. The third kappa shape index (κ3) is 3.77. The van der Waals surface area contributed by atoms with Crippen molar-refractivity contribution in [3.8, 4) is 33.6 Å². The summed E-state index contributed by atoms with van der Waals surface area (Å²) in [5, 5.41) is 8.65. The fourth-order valence-electron chi connectivity index (χ4n) is 5.03. The van der Waals surface area contributed by atoms with Crippen LogP contribution >= 0.6 is 0 Å². The summed E-state index contributed by atoms with van der Waals surface area (Å²) >= 11 is 0. The highest BCUT2D eigenvalue weighted by atomic mass is 16.2. The van der Waals surface area contributed by atoms with Crippen molar-refractivity contribution in [2.45, 2.75) is 25.0 Å². The molecule has 1 aromatic carbocycles. The predicted octanol–water partition coefficient (Wildman–Crippen LogP) is 2.32. The van der Waals surface area contributed by atoms with Crippen LogP contribution in [0, 0.1) is 0 Å². The number of hydrogen-bond acceptors (Lipinski definition) is 6. The minimum Gasteiger partial charge on any atom is -0.335 e. The lowest BCUT2D eigenvalue weighted by Gasteiger charge is -2.31. The van der Waals surface area contributed by atoms with E-state index in [1.54, 1.807) is 28.0 Å². The minimum absolute atomic E-state index is 0.135. The Labute approximate surface area is 197 Å². The first-order valence-corrected chi connectivity index (χ1v) is 11.5.